The van der Waals surface area contributed by atoms with E-state index in [1.165, 1.54) is 5.56 Å². The fourth-order valence-electron chi connectivity index (χ4n) is 4.34. The highest BCUT2D eigenvalue weighted by atomic mass is 35.5. The molecule has 1 saturated heterocycles. The molecule has 34 heavy (non-hydrogen) atoms. The average molecular weight is 494 g/mol. The van der Waals surface area contributed by atoms with Gasteiger partial charge in [-0.2, -0.15) is 0 Å². The van der Waals surface area contributed by atoms with Gasteiger partial charge in [-0.3, -0.25) is 4.98 Å². The molecule has 0 amide bonds. The first kappa shape index (κ1) is 23.1. The lowest BCUT2D eigenvalue weighted by atomic mass is 10.1. The van der Waals surface area contributed by atoms with Crippen LogP contribution in [0.1, 0.15) is 16.8 Å². The fraction of sp³-hybridized carbons (Fsp3) is 0.360. The van der Waals surface area contributed by atoms with Gasteiger partial charge in [0.1, 0.15) is 0 Å². The molecular formula is C25H28ClN7S. The van der Waals surface area contributed by atoms with Gasteiger partial charge in [-0.25, -0.2) is 9.97 Å². The summed E-state index contributed by atoms with van der Waals surface area (Å²) in [5.41, 5.74) is 6.71. The third kappa shape index (κ3) is 5.20. The Morgan fingerprint density at radius 1 is 1.12 bits per heavy atom. The Bertz CT molecular complexity index is 1220. The van der Waals surface area contributed by atoms with E-state index >= 15 is 0 Å². The van der Waals surface area contributed by atoms with E-state index in [-0.39, 0.29) is 0 Å². The first-order valence-electron chi connectivity index (χ1n) is 11.5. The summed E-state index contributed by atoms with van der Waals surface area (Å²) in [5, 5.41) is 7.33. The number of piperazine rings is 1. The fourth-order valence-corrected chi connectivity index (χ4v) is 4.78. The topological polar surface area (TPSA) is 69.2 Å². The predicted octanol–water partition coefficient (Wildman–Crippen LogP) is 4.33. The van der Waals surface area contributed by atoms with Gasteiger partial charge in [-0.05, 0) is 50.2 Å². The van der Waals surface area contributed by atoms with Gasteiger partial charge in [0.05, 0.1) is 22.1 Å². The number of halogens is 1. The van der Waals surface area contributed by atoms with Crippen molar-refractivity contribution in [2.24, 2.45) is 0 Å². The predicted molar refractivity (Wildman–Crippen MR) is 142 cm³/mol. The molecule has 0 aliphatic carbocycles. The summed E-state index contributed by atoms with van der Waals surface area (Å²) in [6.07, 6.45) is 5.37. The number of anilines is 3. The Hall–Kier alpha value is -2.65. The Kier molecular flexibility index (Phi) is 6.74. The molecule has 0 radical (unpaired) electrons. The number of thiocarbonyl (C=S) groups is 1. The van der Waals surface area contributed by atoms with E-state index in [0.717, 1.165) is 78.0 Å². The van der Waals surface area contributed by atoms with Gasteiger partial charge < -0.3 is 20.4 Å². The number of fused-ring (bicyclic) bond motifs is 3. The number of nitrogens with zero attached hydrogens (tertiary/aromatic N) is 5. The summed E-state index contributed by atoms with van der Waals surface area (Å²) in [7, 11) is 2.18. The monoisotopic (exact) mass is 493 g/mol. The molecule has 1 fully saturated rings. The zero-order valence-electron chi connectivity index (χ0n) is 19.4. The van der Waals surface area contributed by atoms with E-state index in [9.17, 15) is 0 Å². The van der Waals surface area contributed by atoms with Crippen molar-refractivity contribution >= 4 is 46.1 Å². The van der Waals surface area contributed by atoms with Crippen LogP contribution in [0.5, 0.6) is 0 Å². The Morgan fingerprint density at radius 3 is 2.76 bits per heavy atom. The van der Waals surface area contributed by atoms with Crippen molar-refractivity contribution < 1.29 is 0 Å². The number of pyridine rings is 1. The minimum Gasteiger partial charge on any atom is -0.349 e. The number of hydrogen-bond donors (Lipinski definition) is 2. The molecule has 0 bridgehead atoms. The summed E-state index contributed by atoms with van der Waals surface area (Å²) in [5.74, 6) is 0.536. The van der Waals surface area contributed by atoms with E-state index in [1.54, 1.807) is 0 Å². The van der Waals surface area contributed by atoms with Crippen LogP contribution in [-0.2, 0) is 12.8 Å². The van der Waals surface area contributed by atoms with Crippen LogP contribution in [0.4, 0.5) is 17.3 Å². The largest absolute Gasteiger partial charge is 0.349 e. The van der Waals surface area contributed by atoms with E-state index in [2.05, 4.69) is 43.5 Å². The molecule has 2 N–H and O–H groups in total. The average Bonchev–Trinajstić information content (AvgIpc) is 2.95. The van der Waals surface area contributed by atoms with Gasteiger partial charge in [-0.1, -0.05) is 23.8 Å². The molecule has 9 heteroatoms. The number of rotatable bonds is 5. The Morgan fingerprint density at radius 2 is 1.94 bits per heavy atom. The molecule has 7 nitrogen and oxygen atoms in total. The molecule has 0 saturated carbocycles. The zero-order chi connectivity index (χ0) is 23.7. The molecule has 2 aromatic heterocycles. The summed E-state index contributed by atoms with van der Waals surface area (Å²) in [6.45, 7) is 7.54. The smallest absolute Gasteiger partial charge is 0.227 e. The summed E-state index contributed by atoms with van der Waals surface area (Å²) < 4.78 is 0. The zero-order valence-corrected chi connectivity index (χ0v) is 21.0. The molecule has 1 aromatic carbocycles. The highest BCUT2D eigenvalue weighted by Crippen LogP contribution is 2.35. The number of aryl methyl sites for hydroxylation is 1. The lowest BCUT2D eigenvalue weighted by Crippen LogP contribution is -2.45. The molecule has 176 valence electrons. The van der Waals surface area contributed by atoms with Crippen LogP contribution in [0, 0.1) is 6.92 Å². The molecule has 3 aromatic rings. The number of likely N-dealkylation sites (N-methyl/N-ethyl adjacent to an activating group) is 1. The van der Waals surface area contributed by atoms with Crippen molar-refractivity contribution in [3.63, 3.8) is 0 Å². The second-order valence-corrected chi connectivity index (χ2v) is 9.91. The SMILES string of the molecule is Cc1ncc(CCN2CCN(C)CC2)cc1Nc1ncc2c(n1)-c1ccc(Cl)cc1NC(=S)C2. The maximum absolute atomic E-state index is 6.22. The van der Waals surface area contributed by atoms with E-state index in [1.807, 2.05) is 37.5 Å². The standard InChI is InChI=1S/C25H28ClN7S/c1-16-21(11-17(14-27-16)5-6-33-9-7-32(2)8-10-33)30-25-28-15-18-12-23(34)29-22-13-19(26)3-4-20(22)24(18)31-25/h3-4,11,13-15H,5-10,12H2,1-2H3,(H,29,34)(H,28,30,31). The molecule has 5 rings (SSSR count). The van der Waals surface area contributed by atoms with Gasteiger partial charge in [0.2, 0.25) is 5.95 Å². The van der Waals surface area contributed by atoms with Crippen LogP contribution in [-0.4, -0.2) is 69.5 Å². The van der Waals surface area contributed by atoms with Crippen LogP contribution >= 0.6 is 23.8 Å². The van der Waals surface area contributed by atoms with Gasteiger partial charge in [-0.15, -0.1) is 0 Å². The van der Waals surface area contributed by atoms with Gasteiger partial charge in [0, 0.05) is 73.4 Å². The summed E-state index contributed by atoms with van der Waals surface area (Å²) >= 11 is 11.7. The molecule has 2 aliphatic rings. The quantitative estimate of drug-likeness (QED) is 0.509. The first-order valence-corrected chi connectivity index (χ1v) is 12.3. The third-order valence-electron chi connectivity index (χ3n) is 6.43. The lowest BCUT2D eigenvalue weighted by Gasteiger charge is -2.32. The third-order valence-corrected chi connectivity index (χ3v) is 6.91. The van der Waals surface area contributed by atoms with Crippen LogP contribution in [0.25, 0.3) is 11.3 Å². The van der Waals surface area contributed by atoms with Crippen molar-refractivity contribution in [2.45, 2.75) is 19.8 Å². The molecule has 4 heterocycles. The molecule has 0 unspecified atom stereocenters. The Balaban J connectivity index is 1.36. The van der Waals surface area contributed by atoms with E-state index in [0.29, 0.717) is 17.4 Å². The first-order chi connectivity index (χ1) is 16.4. The molecule has 0 atom stereocenters. The number of hydrogen-bond acceptors (Lipinski definition) is 7. The minimum atomic E-state index is 0.536. The van der Waals surface area contributed by atoms with Crippen LogP contribution < -0.4 is 10.6 Å². The van der Waals surface area contributed by atoms with E-state index in [4.69, 9.17) is 28.8 Å². The van der Waals surface area contributed by atoms with Crippen molar-refractivity contribution in [3.05, 3.63) is 58.5 Å². The van der Waals surface area contributed by atoms with Crippen molar-refractivity contribution in [2.75, 3.05) is 50.4 Å². The maximum Gasteiger partial charge on any atom is 0.227 e. The number of benzene rings is 1. The van der Waals surface area contributed by atoms with E-state index < -0.39 is 0 Å². The van der Waals surface area contributed by atoms with Crippen molar-refractivity contribution in [3.8, 4) is 11.3 Å². The van der Waals surface area contributed by atoms with Gasteiger partial charge in [0.15, 0.2) is 0 Å². The van der Waals surface area contributed by atoms with Crippen LogP contribution in [0.15, 0.2) is 36.7 Å². The molecule has 2 aliphatic heterocycles. The highest BCUT2D eigenvalue weighted by molar-refractivity contribution is 7.80. The highest BCUT2D eigenvalue weighted by Gasteiger charge is 2.20. The van der Waals surface area contributed by atoms with Gasteiger partial charge >= 0.3 is 0 Å². The molecular weight excluding hydrogens is 466 g/mol. The van der Waals surface area contributed by atoms with Crippen molar-refractivity contribution in [1.29, 1.82) is 0 Å². The second kappa shape index (κ2) is 9.92. The summed E-state index contributed by atoms with van der Waals surface area (Å²) in [4.78, 5) is 19.7. The summed E-state index contributed by atoms with van der Waals surface area (Å²) in [6, 6.07) is 7.89. The second-order valence-electron chi connectivity index (χ2n) is 8.98. The van der Waals surface area contributed by atoms with Crippen LogP contribution in [0.2, 0.25) is 5.02 Å². The lowest BCUT2D eigenvalue weighted by molar-refractivity contribution is 0.155. The normalized spacial score (nSPS) is 16.4. The number of nitrogens with one attached hydrogen (secondary N) is 2. The van der Waals surface area contributed by atoms with Crippen molar-refractivity contribution in [1.82, 2.24) is 24.8 Å². The molecule has 0 spiro atoms. The van der Waals surface area contributed by atoms with Gasteiger partial charge in [0.25, 0.3) is 0 Å². The minimum absolute atomic E-state index is 0.536. The van der Waals surface area contributed by atoms with Crippen LogP contribution in [0.3, 0.4) is 0 Å². The Labute approximate surface area is 210 Å². The number of aromatic nitrogens is 3. The maximum atomic E-state index is 6.22.